The van der Waals surface area contributed by atoms with Gasteiger partial charge in [0, 0.05) is 4.20 Å². The van der Waals surface area contributed by atoms with Crippen LogP contribution in [0.4, 0.5) is 0 Å². The molecule has 0 aliphatic carbocycles. The molecule has 9 heavy (non-hydrogen) atoms. The molecule has 0 fully saturated rings. The summed E-state index contributed by atoms with van der Waals surface area (Å²) in [5.41, 5.74) is 0. The summed E-state index contributed by atoms with van der Waals surface area (Å²) in [6.45, 7) is 7.89. The maximum absolute atomic E-state index is 4.77. The second-order valence-electron chi connectivity index (χ2n) is 1.08. The summed E-state index contributed by atoms with van der Waals surface area (Å²) in [5, 5.41) is 1.97. The molecule has 0 nitrogen and oxygen atoms in total. The second-order valence-corrected chi connectivity index (χ2v) is 3.07. The molecule has 0 unspecified atom stereocenters. The molecule has 0 saturated heterocycles. The highest BCUT2D eigenvalue weighted by molar-refractivity contribution is 8.24. The fourth-order valence-electron chi connectivity index (χ4n) is 0.164. The van der Waals surface area contributed by atoms with E-state index in [-0.39, 0.29) is 0 Å². The lowest BCUT2D eigenvalue weighted by Gasteiger charge is -1.81. The van der Waals surface area contributed by atoms with E-state index in [2.05, 4.69) is 0 Å². The highest BCUT2D eigenvalue weighted by atomic mass is 32.2. The van der Waals surface area contributed by atoms with Crippen LogP contribution in [0.3, 0.4) is 0 Å². The first kappa shape index (κ1) is 11.9. The minimum Gasteiger partial charge on any atom is -0.0914 e. The van der Waals surface area contributed by atoms with Gasteiger partial charge in [0.15, 0.2) is 0 Å². The fraction of sp³-hybridized carbons (Fsp3) is 0.571. The summed E-state index contributed by atoms with van der Waals surface area (Å²) >= 11 is 6.35. The molecule has 54 valence electrons. The first-order chi connectivity index (χ1) is 4.27. The second kappa shape index (κ2) is 11.0. The van der Waals surface area contributed by atoms with E-state index in [0.717, 1.165) is 4.20 Å². The van der Waals surface area contributed by atoms with Crippen LogP contribution in [0.1, 0.15) is 27.7 Å². The van der Waals surface area contributed by atoms with Crippen molar-refractivity contribution in [3.05, 3.63) is 11.5 Å². The molecule has 2 heteroatoms. The third kappa shape index (κ3) is 17.9. The molecular weight excluding hydrogens is 148 g/mol. The quantitative estimate of drug-likeness (QED) is 0.540. The van der Waals surface area contributed by atoms with Gasteiger partial charge >= 0.3 is 0 Å². The van der Waals surface area contributed by atoms with E-state index in [1.165, 1.54) is 0 Å². The van der Waals surface area contributed by atoms with Crippen LogP contribution in [0.2, 0.25) is 0 Å². The van der Waals surface area contributed by atoms with Gasteiger partial charge in [0.05, 0.1) is 0 Å². The van der Waals surface area contributed by atoms with Crippen molar-refractivity contribution >= 4 is 28.2 Å². The van der Waals surface area contributed by atoms with E-state index in [0.29, 0.717) is 0 Å². The fourth-order valence-corrected chi connectivity index (χ4v) is 0.658. The van der Waals surface area contributed by atoms with Crippen molar-refractivity contribution in [2.45, 2.75) is 27.7 Å². The van der Waals surface area contributed by atoms with E-state index in [4.69, 9.17) is 12.2 Å². The molecule has 0 aromatic carbocycles. The van der Waals surface area contributed by atoms with Gasteiger partial charge in [-0.3, -0.25) is 0 Å². The molecule has 0 aromatic rings. The molecule has 0 amide bonds. The number of allylic oxidation sites excluding steroid dienone is 1. The van der Waals surface area contributed by atoms with Crippen LogP contribution < -0.4 is 0 Å². The van der Waals surface area contributed by atoms with E-state index in [9.17, 15) is 0 Å². The first-order valence-corrected chi connectivity index (χ1v) is 4.34. The minimum absolute atomic E-state index is 0.970. The summed E-state index contributed by atoms with van der Waals surface area (Å²) in [7, 11) is 0. The molecule has 0 aliphatic rings. The Morgan fingerprint density at radius 1 is 1.44 bits per heavy atom. The predicted octanol–water partition coefficient (Wildman–Crippen LogP) is 3.63. The molecule has 0 rings (SSSR count). The van der Waals surface area contributed by atoms with Crippen LogP contribution in [0.5, 0.6) is 0 Å². The summed E-state index contributed by atoms with van der Waals surface area (Å²) in [4.78, 5) is 0. The topological polar surface area (TPSA) is 0 Å². The van der Waals surface area contributed by atoms with Crippen LogP contribution in [-0.4, -0.2) is 4.20 Å². The van der Waals surface area contributed by atoms with Gasteiger partial charge in [-0.15, -0.1) is 0 Å². The molecule has 0 atom stereocenters. The Labute approximate surface area is 67.7 Å². The summed E-state index contributed by atoms with van der Waals surface area (Å²) in [5.74, 6) is 0. The zero-order valence-corrected chi connectivity index (χ0v) is 8.10. The summed E-state index contributed by atoms with van der Waals surface area (Å²) in [6, 6.07) is 0. The Balaban J connectivity index is 0. The molecule has 0 N–H and O–H groups in total. The highest BCUT2D eigenvalue weighted by Gasteiger charge is 1.76. The normalized spacial score (nSPS) is 8.44. The molecule has 0 bridgehead atoms. The lowest BCUT2D eigenvalue weighted by atomic mass is 10.8. The van der Waals surface area contributed by atoms with Gasteiger partial charge in [0.1, 0.15) is 0 Å². The zero-order chi connectivity index (χ0) is 7.70. The molecule has 0 heterocycles. The maximum Gasteiger partial charge on any atom is 0.0490 e. The maximum atomic E-state index is 4.77. The molecular formula is C7H14S2. The number of thioether (sulfide) groups is 1. The van der Waals surface area contributed by atoms with E-state index in [1.807, 2.05) is 39.2 Å². The van der Waals surface area contributed by atoms with Crippen LogP contribution in [-0.2, 0) is 0 Å². The lowest BCUT2D eigenvalue weighted by Crippen LogP contribution is -1.67. The van der Waals surface area contributed by atoms with Crippen LogP contribution in [0.15, 0.2) is 11.5 Å². The van der Waals surface area contributed by atoms with Crippen molar-refractivity contribution in [2.75, 3.05) is 0 Å². The van der Waals surface area contributed by atoms with E-state index < -0.39 is 0 Å². The van der Waals surface area contributed by atoms with Gasteiger partial charge in [0.25, 0.3) is 0 Å². The van der Waals surface area contributed by atoms with Gasteiger partial charge in [-0.25, -0.2) is 0 Å². The van der Waals surface area contributed by atoms with Crippen LogP contribution >= 0.6 is 24.0 Å². The predicted molar refractivity (Wildman–Crippen MR) is 52.0 cm³/mol. The Hall–Kier alpha value is 0.180. The average Bonchev–Trinajstić information content (AvgIpc) is 1.88. The van der Waals surface area contributed by atoms with Gasteiger partial charge in [-0.2, -0.15) is 0 Å². The average molecular weight is 162 g/mol. The van der Waals surface area contributed by atoms with Crippen LogP contribution in [0, 0.1) is 0 Å². The zero-order valence-electron chi connectivity index (χ0n) is 6.47. The third-order valence-electron chi connectivity index (χ3n) is 0.370. The largest absolute Gasteiger partial charge is 0.0914 e. The van der Waals surface area contributed by atoms with Gasteiger partial charge in [-0.1, -0.05) is 43.9 Å². The Morgan fingerprint density at radius 3 is 2.00 bits per heavy atom. The number of thiocarbonyl (C=S) groups is 1. The van der Waals surface area contributed by atoms with Gasteiger partial charge < -0.3 is 0 Å². The number of rotatable bonds is 1. The molecule has 0 spiro atoms. The van der Waals surface area contributed by atoms with Gasteiger partial charge in [0.2, 0.25) is 0 Å². The molecule has 0 radical (unpaired) electrons. The minimum atomic E-state index is 0.970. The number of hydrogen-bond acceptors (Lipinski definition) is 2. The SMILES string of the molecule is C/C=C\SC(C)=S.CC. The highest BCUT2D eigenvalue weighted by Crippen LogP contribution is 2.03. The Kier molecular flexibility index (Phi) is 14.6. The van der Waals surface area contributed by atoms with Crippen molar-refractivity contribution in [1.82, 2.24) is 0 Å². The Morgan fingerprint density at radius 2 is 1.89 bits per heavy atom. The van der Waals surface area contributed by atoms with E-state index >= 15 is 0 Å². The van der Waals surface area contributed by atoms with Crippen molar-refractivity contribution in [3.63, 3.8) is 0 Å². The van der Waals surface area contributed by atoms with Crippen molar-refractivity contribution in [1.29, 1.82) is 0 Å². The third-order valence-corrected chi connectivity index (χ3v) is 1.40. The smallest absolute Gasteiger partial charge is 0.0490 e. The molecule has 0 aliphatic heterocycles. The first-order valence-electron chi connectivity index (χ1n) is 3.05. The lowest BCUT2D eigenvalue weighted by molar-refractivity contribution is 1.50. The van der Waals surface area contributed by atoms with Crippen molar-refractivity contribution in [2.24, 2.45) is 0 Å². The summed E-state index contributed by atoms with van der Waals surface area (Å²) in [6.07, 6.45) is 1.97. The monoisotopic (exact) mass is 162 g/mol. The van der Waals surface area contributed by atoms with Crippen molar-refractivity contribution < 1.29 is 0 Å². The number of hydrogen-bond donors (Lipinski definition) is 0. The summed E-state index contributed by atoms with van der Waals surface area (Å²) < 4.78 is 0.970. The Bertz CT molecular complexity index is 84.9. The van der Waals surface area contributed by atoms with E-state index in [1.54, 1.807) is 11.8 Å². The van der Waals surface area contributed by atoms with Crippen LogP contribution in [0.25, 0.3) is 0 Å². The van der Waals surface area contributed by atoms with Crippen molar-refractivity contribution in [3.8, 4) is 0 Å². The standard InChI is InChI=1S/C5H8S2.C2H6/c1-3-4-7-5(2)6;1-2/h3-4H,1-2H3;1-2H3/b4-3-;. The molecule has 0 saturated carbocycles. The molecule has 0 aromatic heterocycles. The van der Waals surface area contributed by atoms with Gasteiger partial charge in [-0.05, 0) is 19.3 Å².